The van der Waals surface area contributed by atoms with Crippen molar-refractivity contribution in [2.24, 2.45) is 0 Å². The van der Waals surface area contributed by atoms with Crippen LogP contribution < -0.4 is 4.74 Å². The van der Waals surface area contributed by atoms with Crippen molar-refractivity contribution in [1.29, 1.82) is 0 Å². The maximum absolute atomic E-state index is 13.8. The predicted octanol–water partition coefficient (Wildman–Crippen LogP) is 4.26. The van der Waals surface area contributed by atoms with E-state index in [9.17, 15) is 9.18 Å². The molecule has 116 valence electrons. The fraction of sp³-hybridized carbons (Fsp3) is 0.235. The minimum atomic E-state index is -0.324. The summed E-state index contributed by atoms with van der Waals surface area (Å²) in [6.07, 6.45) is 0. The number of halogens is 2. The molecule has 2 rings (SSSR count). The number of nitrogens with zero attached hydrogens (tertiary/aromatic N) is 1. The summed E-state index contributed by atoms with van der Waals surface area (Å²) < 4.78 is 19.9. The van der Waals surface area contributed by atoms with Crippen LogP contribution in [0.2, 0.25) is 0 Å². The van der Waals surface area contributed by atoms with Gasteiger partial charge in [0.2, 0.25) is 0 Å². The van der Waals surface area contributed by atoms with E-state index < -0.39 is 0 Å². The minimum Gasteiger partial charge on any atom is -0.494 e. The van der Waals surface area contributed by atoms with Gasteiger partial charge in [0.25, 0.3) is 5.91 Å². The van der Waals surface area contributed by atoms with E-state index in [4.69, 9.17) is 4.74 Å². The van der Waals surface area contributed by atoms with Crippen molar-refractivity contribution in [3.05, 3.63) is 63.9 Å². The summed E-state index contributed by atoms with van der Waals surface area (Å²) in [6, 6.07) is 11.6. The van der Waals surface area contributed by atoms with Crippen molar-refractivity contribution in [1.82, 2.24) is 4.90 Å². The monoisotopic (exact) mass is 365 g/mol. The lowest BCUT2D eigenvalue weighted by molar-refractivity contribution is 0.0784. The van der Waals surface area contributed by atoms with Crippen LogP contribution in [0.5, 0.6) is 5.75 Å². The highest BCUT2D eigenvalue weighted by molar-refractivity contribution is 9.10. The van der Waals surface area contributed by atoms with Crippen LogP contribution in [0, 0.1) is 5.82 Å². The SMILES string of the molecule is CCOc1ccc(C(=O)N(C)Cc2cc(Br)ccc2F)cc1. The quantitative estimate of drug-likeness (QED) is 0.792. The van der Waals surface area contributed by atoms with E-state index >= 15 is 0 Å². The van der Waals surface area contributed by atoms with Crippen LogP contribution in [0.1, 0.15) is 22.8 Å². The topological polar surface area (TPSA) is 29.5 Å². The fourth-order valence-corrected chi connectivity index (χ4v) is 2.48. The van der Waals surface area contributed by atoms with Gasteiger partial charge in [0.15, 0.2) is 0 Å². The summed E-state index contributed by atoms with van der Waals surface area (Å²) in [4.78, 5) is 13.9. The summed E-state index contributed by atoms with van der Waals surface area (Å²) in [7, 11) is 1.65. The maximum atomic E-state index is 13.8. The molecule has 0 aliphatic heterocycles. The number of carbonyl (C=O) groups excluding carboxylic acids is 1. The van der Waals surface area contributed by atoms with Crippen molar-refractivity contribution in [2.45, 2.75) is 13.5 Å². The Bertz CT molecular complexity index is 658. The van der Waals surface area contributed by atoms with E-state index in [0.29, 0.717) is 17.7 Å². The van der Waals surface area contributed by atoms with Gasteiger partial charge >= 0.3 is 0 Å². The number of carbonyl (C=O) groups is 1. The molecule has 0 heterocycles. The number of benzene rings is 2. The zero-order valence-corrected chi connectivity index (χ0v) is 14.1. The first kappa shape index (κ1) is 16.5. The van der Waals surface area contributed by atoms with E-state index in [-0.39, 0.29) is 18.3 Å². The lowest BCUT2D eigenvalue weighted by Crippen LogP contribution is -2.26. The molecule has 1 amide bonds. The van der Waals surface area contributed by atoms with Gasteiger partial charge in [0, 0.05) is 29.2 Å². The van der Waals surface area contributed by atoms with Crippen LogP contribution in [-0.2, 0) is 6.54 Å². The standard InChI is InChI=1S/C17H17BrFNO2/c1-3-22-15-7-4-12(5-8-15)17(21)20(2)11-13-10-14(18)6-9-16(13)19/h4-10H,3,11H2,1-2H3. The molecule has 0 radical (unpaired) electrons. The van der Waals surface area contributed by atoms with E-state index in [2.05, 4.69) is 15.9 Å². The van der Waals surface area contributed by atoms with E-state index in [1.54, 1.807) is 43.4 Å². The molecule has 2 aromatic rings. The Morgan fingerprint density at radius 2 is 1.91 bits per heavy atom. The van der Waals surface area contributed by atoms with Gasteiger partial charge in [0.1, 0.15) is 11.6 Å². The van der Waals surface area contributed by atoms with Crippen molar-refractivity contribution < 1.29 is 13.9 Å². The summed E-state index contributed by atoms with van der Waals surface area (Å²) >= 11 is 3.31. The second-order valence-corrected chi connectivity index (χ2v) is 5.77. The second-order valence-electron chi connectivity index (χ2n) is 4.85. The molecular weight excluding hydrogens is 349 g/mol. The highest BCUT2D eigenvalue weighted by Gasteiger charge is 2.14. The fourth-order valence-electron chi connectivity index (χ4n) is 2.07. The number of hydrogen-bond acceptors (Lipinski definition) is 2. The third-order valence-electron chi connectivity index (χ3n) is 3.17. The predicted molar refractivity (Wildman–Crippen MR) is 87.5 cm³/mol. The van der Waals surface area contributed by atoms with Gasteiger partial charge in [-0.1, -0.05) is 15.9 Å². The molecule has 3 nitrogen and oxygen atoms in total. The highest BCUT2D eigenvalue weighted by atomic mass is 79.9. The highest BCUT2D eigenvalue weighted by Crippen LogP contribution is 2.18. The van der Waals surface area contributed by atoms with Crippen molar-refractivity contribution >= 4 is 21.8 Å². The van der Waals surface area contributed by atoms with Crippen LogP contribution >= 0.6 is 15.9 Å². The summed E-state index contributed by atoms with van der Waals surface area (Å²) in [6.45, 7) is 2.69. The average molecular weight is 366 g/mol. The molecule has 0 fully saturated rings. The van der Waals surface area contributed by atoms with Crippen LogP contribution in [0.4, 0.5) is 4.39 Å². The first-order valence-corrected chi connectivity index (χ1v) is 7.72. The molecule has 0 saturated heterocycles. The minimum absolute atomic E-state index is 0.164. The third kappa shape index (κ3) is 4.07. The Kier molecular flexibility index (Phi) is 5.55. The first-order valence-electron chi connectivity index (χ1n) is 6.93. The van der Waals surface area contributed by atoms with Gasteiger partial charge in [-0.25, -0.2) is 4.39 Å². The normalized spacial score (nSPS) is 10.4. The molecule has 0 spiro atoms. The molecule has 0 bridgehead atoms. The number of hydrogen-bond donors (Lipinski definition) is 0. The Hall–Kier alpha value is -1.88. The maximum Gasteiger partial charge on any atom is 0.253 e. The lowest BCUT2D eigenvalue weighted by atomic mass is 10.1. The molecule has 0 atom stereocenters. The molecular formula is C17H17BrFNO2. The Labute approximate surface area is 137 Å². The van der Waals surface area contributed by atoms with Crippen molar-refractivity contribution in [3.8, 4) is 5.75 Å². The Morgan fingerprint density at radius 1 is 1.23 bits per heavy atom. The number of ether oxygens (including phenoxy) is 1. The molecule has 0 saturated carbocycles. The molecule has 0 N–H and O–H groups in total. The zero-order chi connectivity index (χ0) is 16.1. The van der Waals surface area contributed by atoms with Crippen LogP contribution in [0.25, 0.3) is 0 Å². The van der Waals surface area contributed by atoms with Gasteiger partial charge in [-0.2, -0.15) is 0 Å². The molecule has 0 aromatic heterocycles. The summed E-state index contributed by atoms with van der Waals surface area (Å²) in [5, 5.41) is 0. The second kappa shape index (κ2) is 7.40. The Morgan fingerprint density at radius 3 is 2.55 bits per heavy atom. The van der Waals surface area contributed by atoms with Gasteiger partial charge < -0.3 is 9.64 Å². The van der Waals surface area contributed by atoms with E-state index in [0.717, 1.165) is 10.2 Å². The molecule has 22 heavy (non-hydrogen) atoms. The van der Waals surface area contributed by atoms with Crippen LogP contribution in [-0.4, -0.2) is 24.5 Å². The lowest BCUT2D eigenvalue weighted by Gasteiger charge is -2.18. The third-order valence-corrected chi connectivity index (χ3v) is 3.67. The zero-order valence-electron chi connectivity index (χ0n) is 12.5. The van der Waals surface area contributed by atoms with Crippen LogP contribution in [0.3, 0.4) is 0 Å². The molecule has 5 heteroatoms. The summed E-state index contributed by atoms with van der Waals surface area (Å²) in [5.41, 5.74) is 1.01. The van der Waals surface area contributed by atoms with E-state index in [1.165, 1.54) is 11.0 Å². The van der Waals surface area contributed by atoms with Crippen molar-refractivity contribution in [3.63, 3.8) is 0 Å². The van der Waals surface area contributed by atoms with Gasteiger partial charge in [-0.15, -0.1) is 0 Å². The molecule has 2 aromatic carbocycles. The van der Waals surface area contributed by atoms with Gasteiger partial charge in [-0.05, 0) is 49.4 Å². The summed E-state index contributed by atoms with van der Waals surface area (Å²) in [5.74, 6) is 0.233. The largest absolute Gasteiger partial charge is 0.494 e. The number of amides is 1. The van der Waals surface area contributed by atoms with Crippen molar-refractivity contribution in [2.75, 3.05) is 13.7 Å². The first-order chi connectivity index (χ1) is 10.5. The Balaban J connectivity index is 2.09. The van der Waals surface area contributed by atoms with Gasteiger partial charge in [-0.3, -0.25) is 4.79 Å². The smallest absolute Gasteiger partial charge is 0.253 e. The molecule has 0 aliphatic rings. The number of rotatable bonds is 5. The molecule has 0 unspecified atom stereocenters. The average Bonchev–Trinajstić information content (AvgIpc) is 2.51. The van der Waals surface area contributed by atoms with Gasteiger partial charge in [0.05, 0.1) is 6.61 Å². The van der Waals surface area contributed by atoms with E-state index in [1.807, 2.05) is 6.92 Å². The van der Waals surface area contributed by atoms with Crippen LogP contribution in [0.15, 0.2) is 46.9 Å². The molecule has 0 aliphatic carbocycles.